The molecule has 1 unspecified atom stereocenters. The van der Waals surface area contributed by atoms with Crippen LogP contribution in [-0.4, -0.2) is 31.1 Å². The van der Waals surface area contributed by atoms with Gasteiger partial charge < -0.3 is 15.5 Å². The summed E-state index contributed by atoms with van der Waals surface area (Å²) in [5.41, 5.74) is 1.77. The van der Waals surface area contributed by atoms with Crippen LogP contribution >= 0.6 is 24.0 Å². The summed E-state index contributed by atoms with van der Waals surface area (Å²) in [6, 6.07) is 7.79. The Kier molecular flexibility index (Phi) is 9.74. The molecule has 1 fully saturated rings. The van der Waals surface area contributed by atoms with E-state index in [0.717, 1.165) is 30.5 Å². The highest BCUT2D eigenvalue weighted by Gasteiger charge is 2.13. The molecular weight excluding hydrogens is 499 g/mol. The molecule has 164 valence electrons. The van der Waals surface area contributed by atoms with Gasteiger partial charge in [0.1, 0.15) is 5.82 Å². The topological polar surface area (TPSA) is 52.6 Å². The van der Waals surface area contributed by atoms with Crippen molar-refractivity contribution in [2.24, 2.45) is 4.99 Å². The number of benzene rings is 1. The first-order chi connectivity index (χ1) is 14.1. The molecule has 30 heavy (non-hydrogen) atoms. The van der Waals surface area contributed by atoms with E-state index in [9.17, 15) is 8.78 Å². The van der Waals surface area contributed by atoms with E-state index in [1.165, 1.54) is 31.7 Å². The quantitative estimate of drug-likeness (QED) is 0.333. The van der Waals surface area contributed by atoms with E-state index < -0.39 is 11.6 Å². The largest absolute Gasteiger partial charge is 0.357 e. The predicted molar refractivity (Wildman–Crippen MR) is 128 cm³/mol. The first-order valence-electron chi connectivity index (χ1n) is 10.2. The maximum Gasteiger partial charge on any atom is 0.191 e. The minimum atomic E-state index is -0.850. The van der Waals surface area contributed by atoms with E-state index >= 15 is 0 Å². The Morgan fingerprint density at radius 3 is 2.50 bits per heavy atom. The van der Waals surface area contributed by atoms with E-state index in [1.807, 2.05) is 19.2 Å². The first kappa shape index (κ1) is 24.3. The van der Waals surface area contributed by atoms with Gasteiger partial charge in [0.05, 0.1) is 6.04 Å². The molecule has 3 rings (SSSR count). The van der Waals surface area contributed by atoms with Crippen LogP contribution in [0.15, 0.2) is 41.5 Å². The Labute approximate surface area is 194 Å². The van der Waals surface area contributed by atoms with Crippen molar-refractivity contribution in [1.29, 1.82) is 0 Å². The fraction of sp³-hybridized carbons (Fsp3) is 0.455. The number of hydrogen-bond donors (Lipinski definition) is 2. The van der Waals surface area contributed by atoms with Crippen molar-refractivity contribution in [3.8, 4) is 0 Å². The minimum Gasteiger partial charge on any atom is -0.357 e. The van der Waals surface area contributed by atoms with Crippen LogP contribution in [0.2, 0.25) is 0 Å². The molecule has 2 aromatic rings. The van der Waals surface area contributed by atoms with E-state index in [2.05, 4.69) is 31.6 Å². The number of nitrogens with zero attached hydrogens (tertiary/aromatic N) is 3. The van der Waals surface area contributed by atoms with Gasteiger partial charge in [0.25, 0.3) is 0 Å². The van der Waals surface area contributed by atoms with Gasteiger partial charge in [-0.3, -0.25) is 4.99 Å². The van der Waals surface area contributed by atoms with E-state index in [-0.39, 0.29) is 30.0 Å². The van der Waals surface area contributed by atoms with Crippen molar-refractivity contribution in [3.63, 3.8) is 0 Å². The number of aliphatic imine (C=N–C) groups is 1. The summed E-state index contributed by atoms with van der Waals surface area (Å²) in [5.74, 6) is -0.0852. The molecule has 1 aliphatic rings. The molecule has 0 bridgehead atoms. The summed E-state index contributed by atoms with van der Waals surface area (Å²) in [5, 5.41) is 6.49. The van der Waals surface area contributed by atoms with Gasteiger partial charge in [-0.2, -0.15) is 0 Å². The third-order valence-electron chi connectivity index (χ3n) is 5.22. The summed E-state index contributed by atoms with van der Waals surface area (Å²) in [4.78, 5) is 11.1. The molecule has 1 aromatic carbocycles. The number of rotatable bonds is 5. The average molecular weight is 529 g/mol. The first-order valence-corrected chi connectivity index (χ1v) is 10.2. The molecule has 0 radical (unpaired) electrons. The molecule has 1 aliphatic heterocycles. The van der Waals surface area contributed by atoms with Crippen molar-refractivity contribution < 1.29 is 8.78 Å². The SMILES string of the molecule is CN=C(NCc1ccnc(N2CCCCCC2)c1)NC(C)c1ccc(F)c(F)c1.I. The number of nitrogens with one attached hydrogen (secondary N) is 2. The van der Waals surface area contributed by atoms with Crippen LogP contribution in [0.1, 0.15) is 49.8 Å². The van der Waals surface area contributed by atoms with Gasteiger partial charge in [-0.25, -0.2) is 13.8 Å². The lowest BCUT2D eigenvalue weighted by molar-refractivity contribution is 0.504. The number of halogens is 3. The normalized spacial score (nSPS) is 15.7. The minimum absolute atomic E-state index is 0. The molecule has 0 spiro atoms. The summed E-state index contributed by atoms with van der Waals surface area (Å²) in [6.45, 7) is 4.58. The Balaban J connectivity index is 0.00000320. The van der Waals surface area contributed by atoms with Crippen LogP contribution in [0.5, 0.6) is 0 Å². The van der Waals surface area contributed by atoms with Gasteiger partial charge in [-0.05, 0) is 55.2 Å². The number of aromatic nitrogens is 1. The monoisotopic (exact) mass is 529 g/mol. The van der Waals surface area contributed by atoms with Crippen molar-refractivity contribution in [2.75, 3.05) is 25.0 Å². The Hall–Kier alpha value is -1.97. The summed E-state index contributed by atoms with van der Waals surface area (Å²) >= 11 is 0. The van der Waals surface area contributed by atoms with Gasteiger partial charge in [0.15, 0.2) is 17.6 Å². The van der Waals surface area contributed by atoms with Gasteiger partial charge in [-0.15, -0.1) is 24.0 Å². The number of pyridine rings is 1. The summed E-state index contributed by atoms with van der Waals surface area (Å²) < 4.78 is 26.6. The lowest BCUT2D eigenvalue weighted by Crippen LogP contribution is -2.38. The van der Waals surface area contributed by atoms with Crippen molar-refractivity contribution in [2.45, 2.75) is 45.2 Å². The summed E-state index contributed by atoms with van der Waals surface area (Å²) in [6.07, 6.45) is 6.84. The van der Waals surface area contributed by atoms with E-state index in [4.69, 9.17) is 0 Å². The molecule has 1 saturated heterocycles. The van der Waals surface area contributed by atoms with Crippen LogP contribution in [0.4, 0.5) is 14.6 Å². The highest BCUT2D eigenvalue weighted by atomic mass is 127. The zero-order chi connectivity index (χ0) is 20.6. The maximum atomic E-state index is 13.5. The molecular formula is C22H30F2IN5. The molecule has 8 heteroatoms. The third kappa shape index (κ3) is 6.78. The molecule has 0 saturated carbocycles. The van der Waals surface area contributed by atoms with E-state index in [0.29, 0.717) is 18.1 Å². The van der Waals surface area contributed by atoms with Crippen molar-refractivity contribution >= 4 is 35.8 Å². The van der Waals surface area contributed by atoms with Crippen molar-refractivity contribution in [3.05, 3.63) is 59.3 Å². The fourth-order valence-corrected chi connectivity index (χ4v) is 3.49. The lowest BCUT2D eigenvalue weighted by Gasteiger charge is -2.22. The smallest absolute Gasteiger partial charge is 0.191 e. The second-order valence-corrected chi connectivity index (χ2v) is 7.39. The predicted octanol–water partition coefficient (Wildman–Crippen LogP) is 4.78. The molecule has 1 atom stereocenters. The summed E-state index contributed by atoms with van der Waals surface area (Å²) in [7, 11) is 1.68. The lowest BCUT2D eigenvalue weighted by atomic mass is 10.1. The Morgan fingerprint density at radius 2 is 1.83 bits per heavy atom. The molecule has 5 nitrogen and oxygen atoms in total. The fourth-order valence-electron chi connectivity index (χ4n) is 3.49. The van der Waals surface area contributed by atoms with Gasteiger partial charge in [-0.1, -0.05) is 18.9 Å². The number of anilines is 1. The van der Waals surface area contributed by atoms with Gasteiger partial charge in [0.2, 0.25) is 0 Å². The Morgan fingerprint density at radius 1 is 1.10 bits per heavy atom. The number of hydrogen-bond acceptors (Lipinski definition) is 3. The van der Waals surface area contributed by atoms with Crippen molar-refractivity contribution in [1.82, 2.24) is 15.6 Å². The highest BCUT2D eigenvalue weighted by Crippen LogP contribution is 2.19. The molecule has 2 N–H and O–H groups in total. The van der Waals surface area contributed by atoms with Crippen LogP contribution in [0.3, 0.4) is 0 Å². The molecule has 1 aromatic heterocycles. The molecule has 2 heterocycles. The Bertz CT molecular complexity index is 838. The third-order valence-corrected chi connectivity index (χ3v) is 5.22. The van der Waals surface area contributed by atoms with E-state index in [1.54, 1.807) is 13.1 Å². The second kappa shape index (κ2) is 12.0. The standard InChI is InChI=1S/C22H29F2N5.HI/c1-16(18-7-8-19(23)20(24)14-18)28-22(25-2)27-15-17-9-10-26-21(13-17)29-11-5-3-4-6-12-29;/h7-10,13-14,16H,3-6,11-12,15H2,1-2H3,(H2,25,27,28);1H. The van der Waals surface area contributed by atoms with Crippen LogP contribution in [0.25, 0.3) is 0 Å². The van der Waals surface area contributed by atoms with Crippen LogP contribution in [0, 0.1) is 11.6 Å². The second-order valence-electron chi connectivity index (χ2n) is 7.39. The molecule has 0 aliphatic carbocycles. The molecule has 0 amide bonds. The van der Waals surface area contributed by atoms with Gasteiger partial charge >= 0.3 is 0 Å². The van der Waals surface area contributed by atoms with Crippen LogP contribution < -0.4 is 15.5 Å². The zero-order valence-electron chi connectivity index (χ0n) is 17.5. The zero-order valence-corrected chi connectivity index (χ0v) is 19.8. The average Bonchev–Trinajstić information content (AvgIpc) is 3.02. The maximum absolute atomic E-state index is 13.5. The number of guanidine groups is 1. The highest BCUT2D eigenvalue weighted by molar-refractivity contribution is 14.0. The van der Waals surface area contributed by atoms with Gasteiger partial charge in [0, 0.05) is 32.9 Å². The van der Waals surface area contributed by atoms with Crippen LogP contribution in [-0.2, 0) is 6.54 Å².